The molecular weight excluding hydrogens is 547 g/mol. The Morgan fingerprint density at radius 3 is 2.50 bits per heavy atom. The molecule has 0 radical (unpaired) electrons. The van der Waals surface area contributed by atoms with Crippen LogP contribution in [0.2, 0.25) is 0 Å². The topological polar surface area (TPSA) is 87.6 Å². The van der Waals surface area contributed by atoms with Gasteiger partial charge >= 0.3 is 6.18 Å². The Morgan fingerprint density at radius 2 is 1.74 bits per heavy atom. The van der Waals surface area contributed by atoms with E-state index in [0.29, 0.717) is 29.7 Å². The van der Waals surface area contributed by atoms with Gasteiger partial charge in [-0.15, -0.1) is 0 Å². The fourth-order valence-corrected chi connectivity index (χ4v) is 5.97. The van der Waals surface area contributed by atoms with Crippen molar-refractivity contribution in [1.29, 1.82) is 0 Å². The minimum Gasteiger partial charge on any atom is -0.392 e. The summed E-state index contributed by atoms with van der Waals surface area (Å²) in [5.74, 6) is -0.558. The maximum atomic E-state index is 14.0. The molecule has 5 aromatic rings. The van der Waals surface area contributed by atoms with Gasteiger partial charge in [0.05, 0.1) is 11.5 Å². The predicted octanol–water partition coefficient (Wildman–Crippen LogP) is 5.47. The number of halogens is 3. The van der Waals surface area contributed by atoms with E-state index >= 15 is 0 Å². The van der Waals surface area contributed by atoms with E-state index in [1.807, 2.05) is 42.5 Å². The number of hydrogen-bond donors (Lipinski definition) is 1. The summed E-state index contributed by atoms with van der Waals surface area (Å²) in [6, 6.07) is 22.3. The second kappa shape index (κ2) is 10.1. The van der Waals surface area contributed by atoms with Gasteiger partial charge in [0.1, 0.15) is 5.69 Å². The molecule has 8 nitrogen and oxygen atoms in total. The van der Waals surface area contributed by atoms with Crippen LogP contribution in [0.15, 0.2) is 77.3 Å². The Hall–Kier alpha value is -4.48. The number of aromatic nitrogens is 3. The number of fused-ring (bicyclic) bond motifs is 2. The van der Waals surface area contributed by atoms with Crippen LogP contribution in [0.1, 0.15) is 33.7 Å². The zero-order valence-electron chi connectivity index (χ0n) is 22.4. The zero-order chi connectivity index (χ0) is 29.0. The SMILES string of the molecule is O=C1c2c(c(C(F)(F)F)nn2-c2noc3ccccc23)CCN1c1ccc(-c2ccccc2CN2CC[C@@H](O)C2)cc1. The molecule has 3 aromatic carbocycles. The van der Waals surface area contributed by atoms with Gasteiger partial charge in [0.25, 0.3) is 5.91 Å². The van der Waals surface area contributed by atoms with Crippen molar-refractivity contribution in [2.75, 3.05) is 24.5 Å². The Labute approximate surface area is 238 Å². The van der Waals surface area contributed by atoms with E-state index in [4.69, 9.17) is 4.52 Å². The van der Waals surface area contributed by atoms with Crippen LogP contribution < -0.4 is 4.90 Å². The molecule has 1 amide bonds. The number of aliphatic hydroxyl groups excluding tert-OH is 1. The van der Waals surface area contributed by atoms with Crippen LogP contribution in [0.5, 0.6) is 0 Å². The molecule has 0 spiro atoms. The minimum atomic E-state index is -4.74. The van der Waals surface area contributed by atoms with E-state index < -0.39 is 17.8 Å². The van der Waals surface area contributed by atoms with E-state index in [9.17, 15) is 23.1 Å². The number of carbonyl (C=O) groups is 1. The molecule has 1 atom stereocenters. The second-order valence-corrected chi connectivity index (χ2v) is 10.7. The Bertz CT molecular complexity index is 1790. The lowest BCUT2D eigenvalue weighted by Gasteiger charge is -2.28. The summed E-state index contributed by atoms with van der Waals surface area (Å²) < 4.78 is 48.3. The number of alkyl halides is 3. The summed E-state index contributed by atoms with van der Waals surface area (Å²) in [4.78, 5) is 17.5. The van der Waals surface area contributed by atoms with Crippen molar-refractivity contribution >= 4 is 22.6 Å². The summed E-state index contributed by atoms with van der Waals surface area (Å²) in [5.41, 5.74) is 2.67. The van der Waals surface area contributed by atoms with Crippen LogP contribution in [-0.4, -0.2) is 56.6 Å². The first-order chi connectivity index (χ1) is 20.3. The predicted molar refractivity (Wildman–Crippen MR) is 149 cm³/mol. The van der Waals surface area contributed by atoms with Crippen LogP contribution >= 0.6 is 0 Å². The van der Waals surface area contributed by atoms with Gasteiger partial charge in [-0.05, 0) is 53.8 Å². The zero-order valence-corrected chi connectivity index (χ0v) is 22.4. The molecule has 1 saturated heterocycles. The van der Waals surface area contributed by atoms with Crippen molar-refractivity contribution in [3.8, 4) is 16.9 Å². The normalized spacial score (nSPS) is 17.8. The standard InChI is InChI=1S/C31H26F3N5O3/c32-31(33,34)28-25-14-16-38(30(41)27(25)39(35-28)29-24-7-3-4-8-26(24)42-36-29)21-11-9-19(10-12-21)23-6-2-1-5-20(23)17-37-15-13-22(40)18-37/h1-12,22,40H,13-18H2/t22-/m1/s1. The average molecular weight is 574 g/mol. The largest absolute Gasteiger partial charge is 0.435 e. The van der Waals surface area contributed by atoms with Crippen LogP contribution in [0.4, 0.5) is 18.9 Å². The number of hydrogen-bond acceptors (Lipinski definition) is 6. The van der Waals surface area contributed by atoms with Gasteiger partial charge in [0.2, 0.25) is 5.82 Å². The average Bonchev–Trinajstić information content (AvgIpc) is 3.70. The molecule has 0 aliphatic carbocycles. The van der Waals surface area contributed by atoms with Crippen LogP contribution in [0.3, 0.4) is 0 Å². The minimum absolute atomic E-state index is 0.0159. The monoisotopic (exact) mass is 573 g/mol. The molecule has 1 N–H and O–H groups in total. The number of aliphatic hydroxyl groups is 1. The first kappa shape index (κ1) is 26.4. The number of anilines is 1. The van der Waals surface area contributed by atoms with Crippen LogP contribution in [-0.2, 0) is 19.1 Å². The summed E-state index contributed by atoms with van der Waals surface area (Å²) in [7, 11) is 0. The molecule has 0 saturated carbocycles. The Morgan fingerprint density at radius 1 is 0.976 bits per heavy atom. The lowest BCUT2D eigenvalue weighted by atomic mass is 9.98. The van der Waals surface area contributed by atoms with Crippen molar-refractivity contribution in [3.05, 3.63) is 95.3 Å². The highest BCUT2D eigenvalue weighted by atomic mass is 19.4. The fourth-order valence-electron chi connectivity index (χ4n) is 5.97. The molecule has 42 heavy (non-hydrogen) atoms. The maximum Gasteiger partial charge on any atom is 0.435 e. The number of β-amino-alcohol motifs (C(OH)–C–C–N with tert-alkyl or cyclic N) is 1. The van der Waals surface area contributed by atoms with Crippen molar-refractivity contribution in [1.82, 2.24) is 19.8 Å². The number of likely N-dealkylation sites (tertiary alicyclic amines) is 1. The molecule has 2 aliphatic heterocycles. The molecule has 214 valence electrons. The highest BCUT2D eigenvalue weighted by molar-refractivity contribution is 6.08. The molecule has 2 aromatic heterocycles. The van der Waals surface area contributed by atoms with Gasteiger partial charge in [-0.1, -0.05) is 53.7 Å². The molecular formula is C31H26F3N5O3. The van der Waals surface area contributed by atoms with Crippen molar-refractivity contribution < 1.29 is 27.6 Å². The first-order valence-corrected chi connectivity index (χ1v) is 13.7. The van der Waals surface area contributed by atoms with E-state index in [0.717, 1.165) is 34.3 Å². The summed E-state index contributed by atoms with van der Waals surface area (Å²) >= 11 is 0. The first-order valence-electron chi connectivity index (χ1n) is 13.7. The number of nitrogens with zero attached hydrogens (tertiary/aromatic N) is 5. The number of benzene rings is 3. The number of rotatable bonds is 5. The van der Waals surface area contributed by atoms with Crippen LogP contribution in [0, 0.1) is 0 Å². The van der Waals surface area contributed by atoms with Crippen molar-refractivity contribution in [2.24, 2.45) is 0 Å². The highest BCUT2D eigenvalue weighted by Crippen LogP contribution is 2.38. The lowest BCUT2D eigenvalue weighted by molar-refractivity contribution is -0.141. The summed E-state index contributed by atoms with van der Waals surface area (Å²) in [6.07, 6.45) is -4.29. The molecule has 7 rings (SSSR count). The molecule has 1 fully saturated rings. The van der Waals surface area contributed by atoms with Gasteiger partial charge < -0.3 is 14.5 Å². The molecule has 11 heteroatoms. The van der Waals surface area contributed by atoms with E-state index in [1.54, 1.807) is 24.3 Å². The Balaban J connectivity index is 1.22. The fraction of sp³-hybridized carbons (Fsp3) is 0.258. The van der Waals surface area contributed by atoms with E-state index in [2.05, 4.69) is 21.2 Å². The summed E-state index contributed by atoms with van der Waals surface area (Å²) in [6.45, 7) is 2.27. The number of amides is 1. The lowest BCUT2D eigenvalue weighted by Crippen LogP contribution is -2.39. The summed E-state index contributed by atoms with van der Waals surface area (Å²) in [5, 5.41) is 18.2. The smallest absolute Gasteiger partial charge is 0.392 e. The van der Waals surface area contributed by atoms with Crippen LogP contribution in [0.25, 0.3) is 27.9 Å². The highest BCUT2D eigenvalue weighted by Gasteiger charge is 2.44. The van der Waals surface area contributed by atoms with Gasteiger partial charge in [-0.2, -0.15) is 18.3 Å². The molecule has 4 heterocycles. The quantitative estimate of drug-likeness (QED) is 0.300. The third kappa shape index (κ3) is 4.54. The van der Waals surface area contributed by atoms with Crippen molar-refractivity contribution in [3.63, 3.8) is 0 Å². The molecule has 0 bridgehead atoms. The Kier molecular flexibility index (Phi) is 6.36. The van der Waals surface area contributed by atoms with Gasteiger partial charge in [0.15, 0.2) is 11.3 Å². The second-order valence-electron chi connectivity index (χ2n) is 10.7. The molecule has 0 unspecified atom stereocenters. The molecule has 2 aliphatic rings. The van der Waals surface area contributed by atoms with Gasteiger partial charge in [-0.3, -0.25) is 9.69 Å². The number of para-hydroxylation sites is 1. The number of carbonyl (C=O) groups excluding carboxylic acids is 1. The van der Waals surface area contributed by atoms with Gasteiger partial charge in [-0.25, -0.2) is 4.68 Å². The maximum absolute atomic E-state index is 14.0. The third-order valence-corrected chi connectivity index (χ3v) is 7.99. The van der Waals surface area contributed by atoms with Gasteiger partial charge in [0, 0.05) is 37.4 Å². The van der Waals surface area contributed by atoms with E-state index in [1.165, 1.54) is 4.90 Å². The van der Waals surface area contributed by atoms with Crippen molar-refractivity contribution in [2.45, 2.75) is 31.7 Å². The van der Waals surface area contributed by atoms with E-state index in [-0.39, 0.29) is 36.1 Å². The third-order valence-electron chi connectivity index (χ3n) is 7.99.